The first-order chi connectivity index (χ1) is 11.5. The molecule has 0 unspecified atom stereocenters. The predicted octanol–water partition coefficient (Wildman–Crippen LogP) is 4.52. The second kappa shape index (κ2) is 6.58. The minimum Gasteiger partial charge on any atom is -0.437 e. The van der Waals surface area contributed by atoms with E-state index in [1.165, 1.54) is 17.5 Å². The summed E-state index contributed by atoms with van der Waals surface area (Å²) in [7, 11) is 0. The van der Waals surface area contributed by atoms with Crippen LogP contribution < -0.4 is 15.8 Å². The monoisotopic (exact) mass is 320 g/mol. The maximum atomic E-state index is 6.16. The Morgan fingerprint density at radius 1 is 0.917 bits per heavy atom. The average molecular weight is 320 g/mol. The number of nitrogens with two attached hydrogens (primary N) is 1. The third-order valence-electron chi connectivity index (χ3n) is 3.85. The molecule has 0 aliphatic heterocycles. The molecule has 0 aliphatic rings. The Labute approximate surface area is 141 Å². The maximum absolute atomic E-state index is 6.16. The molecule has 122 valence electrons. The summed E-state index contributed by atoms with van der Waals surface area (Å²) in [6, 6.07) is 13.9. The van der Waals surface area contributed by atoms with Crippen molar-refractivity contribution in [2.75, 3.05) is 11.1 Å². The van der Waals surface area contributed by atoms with Crippen LogP contribution in [0.2, 0.25) is 0 Å². The molecular formula is C19H20N4O. The summed E-state index contributed by atoms with van der Waals surface area (Å²) in [4.78, 5) is 8.35. The van der Waals surface area contributed by atoms with Crippen LogP contribution in [0.15, 0.2) is 48.8 Å². The quantitative estimate of drug-likeness (QED) is 0.739. The number of hydrogen-bond acceptors (Lipinski definition) is 5. The van der Waals surface area contributed by atoms with Crippen LogP contribution in [0.4, 0.5) is 17.2 Å². The fraction of sp³-hybridized carbons (Fsp3) is 0.158. The van der Waals surface area contributed by atoms with E-state index in [1.807, 2.05) is 56.3 Å². The first-order valence-electron chi connectivity index (χ1n) is 7.72. The van der Waals surface area contributed by atoms with Crippen molar-refractivity contribution < 1.29 is 4.74 Å². The van der Waals surface area contributed by atoms with Crippen molar-refractivity contribution in [1.82, 2.24) is 9.97 Å². The van der Waals surface area contributed by atoms with Gasteiger partial charge in [-0.2, -0.15) is 4.98 Å². The lowest BCUT2D eigenvalue weighted by atomic mass is 10.1. The van der Waals surface area contributed by atoms with Gasteiger partial charge in [0.2, 0.25) is 5.88 Å². The zero-order chi connectivity index (χ0) is 17.1. The van der Waals surface area contributed by atoms with E-state index in [1.54, 1.807) is 0 Å². The fourth-order valence-corrected chi connectivity index (χ4v) is 2.22. The van der Waals surface area contributed by atoms with E-state index in [0.29, 0.717) is 23.1 Å². The molecule has 0 atom stereocenters. The van der Waals surface area contributed by atoms with Gasteiger partial charge in [-0.15, -0.1) is 0 Å². The van der Waals surface area contributed by atoms with Crippen molar-refractivity contribution in [3.63, 3.8) is 0 Å². The number of nitrogens with zero attached hydrogens (tertiary/aromatic N) is 2. The zero-order valence-corrected chi connectivity index (χ0v) is 14.0. The van der Waals surface area contributed by atoms with E-state index in [-0.39, 0.29) is 0 Å². The highest BCUT2D eigenvalue weighted by Gasteiger charge is 2.11. The van der Waals surface area contributed by atoms with E-state index in [9.17, 15) is 0 Å². The third-order valence-corrected chi connectivity index (χ3v) is 3.85. The van der Waals surface area contributed by atoms with E-state index >= 15 is 0 Å². The van der Waals surface area contributed by atoms with E-state index in [4.69, 9.17) is 10.5 Å². The number of anilines is 3. The van der Waals surface area contributed by atoms with Crippen molar-refractivity contribution >= 4 is 17.2 Å². The molecule has 0 saturated heterocycles. The van der Waals surface area contributed by atoms with Crippen LogP contribution in [0.5, 0.6) is 11.6 Å². The lowest BCUT2D eigenvalue weighted by molar-refractivity contribution is 0.464. The van der Waals surface area contributed by atoms with Crippen LogP contribution in [0.1, 0.15) is 16.7 Å². The molecule has 0 bridgehead atoms. The van der Waals surface area contributed by atoms with Crippen molar-refractivity contribution in [2.45, 2.75) is 20.8 Å². The van der Waals surface area contributed by atoms with Gasteiger partial charge >= 0.3 is 0 Å². The minimum absolute atomic E-state index is 0.336. The molecule has 5 heteroatoms. The number of nitrogen functional groups attached to an aromatic ring is 1. The van der Waals surface area contributed by atoms with Gasteiger partial charge in [0.15, 0.2) is 5.82 Å². The number of aromatic nitrogens is 2. The highest BCUT2D eigenvalue weighted by Crippen LogP contribution is 2.31. The van der Waals surface area contributed by atoms with Crippen LogP contribution >= 0.6 is 0 Å². The summed E-state index contributed by atoms with van der Waals surface area (Å²) in [5, 5.41) is 3.19. The van der Waals surface area contributed by atoms with Crippen LogP contribution in [0, 0.1) is 20.8 Å². The number of rotatable bonds is 4. The Balaban J connectivity index is 1.84. The van der Waals surface area contributed by atoms with Crippen molar-refractivity contribution in [3.05, 3.63) is 65.5 Å². The molecule has 0 amide bonds. The lowest BCUT2D eigenvalue weighted by Crippen LogP contribution is -2.03. The van der Waals surface area contributed by atoms with Gasteiger partial charge in [0.25, 0.3) is 0 Å². The zero-order valence-electron chi connectivity index (χ0n) is 14.0. The summed E-state index contributed by atoms with van der Waals surface area (Å²) in [5.41, 5.74) is 11.0. The summed E-state index contributed by atoms with van der Waals surface area (Å²) >= 11 is 0. The van der Waals surface area contributed by atoms with E-state index < -0.39 is 0 Å². The Morgan fingerprint density at radius 2 is 1.67 bits per heavy atom. The number of nitrogens with one attached hydrogen (secondary N) is 1. The smallest absolute Gasteiger partial charge is 0.248 e. The molecule has 0 saturated carbocycles. The van der Waals surface area contributed by atoms with Gasteiger partial charge in [0.1, 0.15) is 17.8 Å². The molecule has 0 fully saturated rings. The number of benzene rings is 2. The molecule has 5 nitrogen and oxygen atoms in total. The van der Waals surface area contributed by atoms with E-state index in [2.05, 4.69) is 22.2 Å². The molecule has 24 heavy (non-hydrogen) atoms. The van der Waals surface area contributed by atoms with Gasteiger partial charge < -0.3 is 15.8 Å². The van der Waals surface area contributed by atoms with Crippen LogP contribution in [0.3, 0.4) is 0 Å². The third kappa shape index (κ3) is 3.46. The number of aryl methyl sites for hydroxylation is 3. The van der Waals surface area contributed by atoms with Gasteiger partial charge in [0.05, 0.1) is 0 Å². The van der Waals surface area contributed by atoms with Gasteiger partial charge in [-0.05, 0) is 56.2 Å². The normalized spacial score (nSPS) is 10.5. The Hall–Kier alpha value is -3.08. The van der Waals surface area contributed by atoms with Gasteiger partial charge in [-0.3, -0.25) is 0 Å². The Morgan fingerprint density at radius 3 is 2.38 bits per heavy atom. The lowest BCUT2D eigenvalue weighted by Gasteiger charge is -2.12. The molecule has 0 radical (unpaired) electrons. The summed E-state index contributed by atoms with van der Waals surface area (Å²) in [6.45, 7) is 6.13. The van der Waals surface area contributed by atoms with Crippen LogP contribution in [0.25, 0.3) is 0 Å². The molecule has 3 aromatic rings. The summed E-state index contributed by atoms with van der Waals surface area (Å²) < 4.78 is 5.83. The second-order valence-electron chi connectivity index (χ2n) is 5.78. The number of ether oxygens (including phenoxy) is 1. The highest BCUT2D eigenvalue weighted by molar-refractivity contribution is 5.72. The molecule has 1 aromatic heterocycles. The van der Waals surface area contributed by atoms with Crippen molar-refractivity contribution in [1.29, 1.82) is 0 Å². The molecule has 1 heterocycles. The van der Waals surface area contributed by atoms with Gasteiger partial charge in [0, 0.05) is 5.69 Å². The largest absolute Gasteiger partial charge is 0.437 e. The summed E-state index contributed by atoms with van der Waals surface area (Å²) in [5.74, 6) is 1.56. The predicted molar refractivity (Wildman–Crippen MR) is 96.9 cm³/mol. The molecule has 3 rings (SSSR count). The van der Waals surface area contributed by atoms with E-state index in [0.717, 1.165) is 11.3 Å². The van der Waals surface area contributed by atoms with Crippen molar-refractivity contribution in [2.24, 2.45) is 0 Å². The molecule has 0 spiro atoms. The summed E-state index contributed by atoms with van der Waals surface area (Å²) in [6.07, 6.45) is 1.43. The van der Waals surface area contributed by atoms with Gasteiger partial charge in [-0.25, -0.2) is 4.98 Å². The molecular weight excluding hydrogens is 300 g/mol. The number of hydrogen-bond donors (Lipinski definition) is 2. The SMILES string of the molecule is Cc1ccc(Nc2ncnc(Oc3ccc(C)c(C)c3)c2N)cc1. The molecule has 3 N–H and O–H groups in total. The Bertz CT molecular complexity index is 860. The van der Waals surface area contributed by atoms with Crippen LogP contribution in [-0.4, -0.2) is 9.97 Å². The second-order valence-corrected chi connectivity index (χ2v) is 5.78. The molecule has 2 aromatic carbocycles. The Kier molecular flexibility index (Phi) is 4.33. The maximum Gasteiger partial charge on any atom is 0.248 e. The van der Waals surface area contributed by atoms with Crippen molar-refractivity contribution in [3.8, 4) is 11.6 Å². The van der Waals surface area contributed by atoms with Gasteiger partial charge in [-0.1, -0.05) is 23.8 Å². The molecule has 0 aliphatic carbocycles. The topological polar surface area (TPSA) is 73.1 Å². The standard InChI is InChI=1S/C19H20N4O/c1-12-4-7-15(8-5-12)23-18-17(20)19(22-11-21-18)24-16-9-6-13(2)14(3)10-16/h4-11H,20H2,1-3H3,(H,21,22,23). The highest BCUT2D eigenvalue weighted by atomic mass is 16.5. The fourth-order valence-electron chi connectivity index (χ4n) is 2.22. The first kappa shape index (κ1) is 15.8. The first-order valence-corrected chi connectivity index (χ1v) is 7.72. The van der Waals surface area contributed by atoms with Crippen LogP contribution in [-0.2, 0) is 0 Å². The average Bonchev–Trinajstić information content (AvgIpc) is 2.57. The minimum atomic E-state index is 0.336.